The fourth-order valence-electron chi connectivity index (χ4n) is 2.56. The zero-order valence-corrected chi connectivity index (χ0v) is 15.7. The molecule has 3 rings (SSSR count). The molecule has 0 saturated heterocycles. The molecular weight excluding hydrogens is 371 g/mol. The van der Waals surface area contributed by atoms with E-state index < -0.39 is 11.0 Å². The number of pyridine rings is 1. The maximum Gasteiger partial charge on any atom is 0.178 e. The number of fused-ring (bicyclic) bond motifs is 1. The van der Waals surface area contributed by atoms with Crippen LogP contribution in [-0.2, 0) is 0 Å². The predicted molar refractivity (Wildman–Crippen MR) is 106 cm³/mol. The van der Waals surface area contributed by atoms with Gasteiger partial charge >= 0.3 is 0 Å². The number of aromatic nitrogens is 1. The first kappa shape index (κ1) is 20.8. The van der Waals surface area contributed by atoms with Gasteiger partial charge in [-0.25, -0.2) is 13.6 Å². The Hall–Kier alpha value is -1.22. The summed E-state index contributed by atoms with van der Waals surface area (Å²) >= 11 is 0. The predicted octanol–water partition coefficient (Wildman–Crippen LogP) is 4.07. The number of halogens is 2. The van der Waals surface area contributed by atoms with Gasteiger partial charge in [0.1, 0.15) is 5.69 Å². The molecule has 134 valence electrons. The average molecular weight is 393 g/mol. The van der Waals surface area contributed by atoms with Crippen LogP contribution in [0.25, 0.3) is 0 Å². The van der Waals surface area contributed by atoms with Crippen molar-refractivity contribution in [2.75, 3.05) is 28.7 Å². The summed E-state index contributed by atoms with van der Waals surface area (Å²) in [5.74, 6) is 0.582. The highest BCUT2D eigenvalue weighted by Gasteiger charge is 2.42. The Kier molecular flexibility index (Phi) is 7.59. The third-order valence-electron chi connectivity index (χ3n) is 3.55. The second kappa shape index (κ2) is 8.75. The molecule has 24 heavy (non-hydrogen) atoms. The smallest absolute Gasteiger partial charge is 0.178 e. The van der Waals surface area contributed by atoms with Gasteiger partial charge < -0.3 is 5.32 Å². The molecule has 6 nitrogen and oxygen atoms in total. The lowest BCUT2D eigenvalue weighted by molar-refractivity contribution is 0.483. The minimum Gasteiger partial charge on any atom is -0.320 e. The fraction of sp³-hybridized carbons (Fsp3) is 0.267. The molecule has 0 amide bonds. The van der Waals surface area contributed by atoms with E-state index in [9.17, 15) is 9.11 Å². The van der Waals surface area contributed by atoms with Gasteiger partial charge in [-0.05, 0) is 55.2 Å². The summed E-state index contributed by atoms with van der Waals surface area (Å²) in [6.45, 7) is 1.36. The van der Waals surface area contributed by atoms with Crippen molar-refractivity contribution in [2.24, 2.45) is 0 Å². The standard InChI is InChI=1S/C15H20N4O2S.2ClH/c1-16-10-6-12-18-14-9-5-11-17-15(14)19(22(18,20)21)13-7-3-2-4-8-13;;/h2-5,7-9,11,16,20-21H,6,10,12H2,1H3;2*1H. The molecule has 1 aromatic carbocycles. The van der Waals surface area contributed by atoms with E-state index in [1.165, 1.54) is 4.31 Å². The van der Waals surface area contributed by atoms with Gasteiger partial charge in [-0.2, -0.15) is 0 Å². The Balaban J connectivity index is 0.00000144. The third kappa shape index (κ3) is 3.72. The lowest BCUT2D eigenvalue weighted by atomic mass is 10.3. The molecule has 1 aromatic heterocycles. The van der Waals surface area contributed by atoms with E-state index in [1.807, 2.05) is 49.5 Å². The summed E-state index contributed by atoms with van der Waals surface area (Å²) in [5, 5.41) is 3.08. The van der Waals surface area contributed by atoms with Crippen LogP contribution in [0.3, 0.4) is 0 Å². The van der Waals surface area contributed by atoms with Gasteiger partial charge in [0.15, 0.2) is 5.82 Å². The van der Waals surface area contributed by atoms with Gasteiger partial charge in [0, 0.05) is 12.7 Å². The molecule has 2 heterocycles. The van der Waals surface area contributed by atoms with E-state index >= 15 is 0 Å². The van der Waals surface area contributed by atoms with Gasteiger partial charge in [-0.3, -0.25) is 9.11 Å². The topological polar surface area (TPSA) is 71.9 Å². The van der Waals surface area contributed by atoms with Gasteiger partial charge in [0.2, 0.25) is 0 Å². The number of hydrogen-bond donors (Lipinski definition) is 3. The van der Waals surface area contributed by atoms with Crippen molar-refractivity contribution in [2.45, 2.75) is 6.42 Å². The minimum atomic E-state index is -3.14. The highest BCUT2D eigenvalue weighted by atomic mass is 35.5. The summed E-state index contributed by atoms with van der Waals surface area (Å²) in [4.78, 5) is 4.36. The number of benzene rings is 1. The van der Waals surface area contributed by atoms with Crippen LogP contribution >= 0.6 is 35.8 Å². The Bertz CT molecular complexity index is 648. The minimum absolute atomic E-state index is 0. The van der Waals surface area contributed by atoms with Crippen LogP contribution in [0, 0.1) is 0 Å². The normalized spacial score (nSPS) is 16.0. The monoisotopic (exact) mass is 392 g/mol. The lowest BCUT2D eigenvalue weighted by Crippen LogP contribution is -2.32. The highest BCUT2D eigenvalue weighted by Crippen LogP contribution is 2.63. The fourth-order valence-corrected chi connectivity index (χ4v) is 4.31. The molecule has 0 saturated carbocycles. The lowest BCUT2D eigenvalue weighted by Gasteiger charge is -2.43. The molecule has 0 fully saturated rings. The molecule has 1 aliphatic heterocycles. The Morgan fingerprint density at radius 3 is 2.46 bits per heavy atom. The van der Waals surface area contributed by atoms with E-state index in [4.69, 9.17) is 0 Å². The molecule has 9 heteroatoms. The van der Waals surface area contributed by atoms with Crippen LogP contribution in [0.5, 0.6) is 0 Å². The van der Waals surface area contributed by atoms with Crippen molar-refractivity contribution >= 4 is 53.0 Å². The zero-order valence-electron chi connectivity index (χ0n) is 13.2. The molecule has 1 aliphatic rings. The van der Waals surface area contributed by atoms with E-state index in [1.54, 1.807) is 10.5 Å². The van der Waals surface area contributed by atoms with Crippen molar-refractivity contribution in [3.8, 4) is 0 Å². The van der Waals surface area contributed by atoms with Gasteiger partial charge in [0.25, 0.3) is 0 Å². The maximum atomic E-state index is 10.8. The highest BCUT2D eigenvalue weighted by molar-refractivity contribution is 8.27. The Morgan fingerprint density at radius 1 is 1.08 bits per heavy atom. The largest absolute Gasteiger partial charge is 0.320 e. The SMILES string of the molecule is CNCCCN1c2cccnc2N(c2ccccc2)S1(O)O.Cl.Cl. The summed E-state index contributed by atoms with van der Waals surface area (Å²) in [6.07, 6.45) is 2.48. The quantitative estimate of drug-likeness (QED) is 0.665. The van der Waals surface area contributed by atoms with Crippen molar-refractivity contribution in [3.05, 3.63) is 48.7 Å². The summed E-state index contributed by atoms with van der Waals surface area (Å²) in [6, 6.07) is 13.0. The van der Waals surface area contributed by atoms with Gasteiger partial charge in [-0.15, -0.1) is 24.8 Å². The zero-order chi connectivity index (χ0) is 15.6. The second-order valence-electron chi connectivity index (χ2n) is 5.03. The van der Waals surface area contributed by atoms with Crippen LogP contribution in [0.1, 0.15) is 6.42 Å². The maximum absolute atomic E-state index is 10.8. The first-order valence-electron chi connectivity index (χ1n) is 7.17. The molecule has 0 atom stereocenters. The molecule has 0 radical (unpaired) electrons. The third-order valence-corrected chi connectivity index (χ3v) is 5.39. The molecule has 0 unspecified atom stereocenters. The van der Waals surface area contributed by atoms with E-state index in [0.29, 0.717) is 12.4 Å². The van der Waals surface area contributed by atoms with E-state index in [2.05, 4.69) is 10.3 Å². The van der Waals surface area contributed by atoms with Crippen molar-refractivity contribution < 1.29 is 9.11 Å². The number of hydrogen-bond acceptors (Lipinski definition) is 6. The first-order chi connectivity index (χ1) is 10.7. The van der Waals surface area contributed by atoms with Crippen LogP contribution in [0.2, 0.25) is 0 Å². The Labute approximate surface area is 156 Å². The van der Waals surface area contributed by atoms with Crippen molar-refractivity contribution in [3.63, 3.8) is 0 Å². The number of nitrogens with one attached hydrogen (secondary N) is 1. The Morgan fingerprint density at radius 2 is 1.79 bits per heavy atom. The van der Waals surface area contributed by atoms with E-state index in [-0.39, 0.29) is 24.8 Å². The molecule has 0 bridgehead atoms. The summed E-state index contributed by atoms with van der Waals surface area (Å²) < 4.78 is 24.8. The number of anilines is 3. The summed E-state index contributed by atoms with van der Waals surface area (Å²) in [5.41, 5.74) is 1.47. The number of para-hydroxylation sites is 1. The average Bonchev–Trinajstić information content (AvgIpc) is 2.75. The van der Waals surface area contributed by atoms with Gasteiger partial charge in [-0.1, -0.05) is 18.2 Å². The number of nitrogens with zero attached hydrogens (tertiary/aromatic N) is 3. The molecule has 3 N–H and O–H groups in total. The van der Waals surface area contributed by atoms with Crippen LogP contribution in [-0.4, -0.2) is 34.2 Å². The van der Waals surface area contributed by atoms with Crippen LogP contribution < -0.4 is 13.9 Å². The van der Waals surface area contributed by atoms with Crippen molar-refractivity contribution in [1.82, 2.24) is 10.3 Å². The molecular formula is C15H22Cl2N4O2S. The molecule has 2 aromatic rings. The van der Waals surface area contributed by atoms with Crippen LogP contribution in [0.15, 0.2) is 48.7 Å². The summed E-state index contributed by atoms with van der Waals surface area (Å²) in [7, 11) is -1.26. The number of rotatable bonds is 5. The molecule has 0 spiro atoms. The van der Waals surface area contributed by atoms with Crippen molar-refractivity contribution in [1.29, 1.82) is 0 Å². The van der Waals surface area contributed by atoms with E-state index in [0.717, 1.165) is 24.3 Å². The van der Waals surface area contributed by atoms with Gasteiger partial charge in [0.05, 0.1) is 5.69 Å². The van der Waals surface area contributed by atoms with Crippen LogP contribution in [0.4, 0.5) is 17.2 Å². The molecule has 0 aliphatic carbocycles. The first-order valence-corrected chi connectivity index (χ1v) is 8.63. The second-order valence-corrected chi connectivity index (χ2v) is 6.81.